The number of piperidine rings is 1. The predicted molar refractivity (Wildman–Crippen MR) is 81.7 cm³/mol. The number of ether oxygens (including phenoxy) is 1. The van der Waals surface area contributed by atoms with Crippen LogP contribution in [0.1, 0.15) is 35.1 Å². The van der Waals surface area contributed by atoms with Gasteiger partial charge in [0.15, 0.2) is 5.13 Å². The summed E-state index contributed by atoms with van der Waals surface area (Å²) in [4.78, 5) is 21.5. The molecule has 20 heavy (non-hydrogen) atoms. The van der Waals surface area contributed by atoms with Crippen molar-refractivity contribution in [3.05, 3.63) is 10.6 Å². The van der Waals surface area contributed by atoms with Crippen LogP contribution in [0.4, 0.5) is 5.13 Å². The zero-order chi connectivity index (χ0) is 14.7. The molecule has 1 saturated heterocycles. The van der Waals surface area contributed by atoms with Crippen LogP contribution in [0.5, 0.6) is 0 Å². The molecule has 0 saturated carbocycles. The molecule has 112 valence electrons. The van der Waals surface area contributed by atoms with Gasteiger partial charge in [0, 0.05) is 26.2 Å². The summed E-state index contributed by atoms with van der Waals surface area (Å²) in [6.07, 6.45) is 2.30. The molecule has 1 aromatic heterocycles. The van der Waals surface area contributed by atoms with Gasteiger partial charge in [-0.2, -0.15) is 0 Å². The van der Waals surface area contributed by atoms with Crippen molar-refractivity contribution in [1.29, 1.82) is 0 Å². The molecule has 0 aliphatic carbocycles. The monoisotopic (exact) mass is 297 g/mol. The number of thiazole rings is 1. The van der Waals surface area contributed by atoms with Crippen molar-refractivity contribution in [2.24, 2.45) is 0 Å². The van der Waals surface area contributed by atoms with Crippen molar-refractivity contribution >= 4 is 22.4 Å². The predicted octanol–water partition coefficient (Wildman–Crippen LogP) is 2.16. The van der Waals surface area contributed by atoms with Crippen molar-refractivity contribution in [2.45, 2.75) is 32.7 Å². The molecule has 0 bridgehead atoms. The quantitative estimate of drug-likeness (QED) is 0.797. The minimum atomic E-state index is -0.291. The first-order valence-electron chi connectivity index (χ1n) is 7.07. The summed E-state index contributed by atoms with van der Waals surface area (Å²) in [6, 6.07) is 0.508. The third-order valence-corrected chi connectivity index (χ3v) is 5.24. The molecule has 0 aromatic carbocycles. The van der Waals surface area contributed by atoms with Crippen molar-refractivity contribution < 1.29 is 9.53 Å². The van der Waals surface area contributed by atoms with Gasteiger partial charge in [0.25, 0.3) is 0 Å². The van der Waals surface area contributed by atoms with Crippen molar-refractivity contribution in [3.8, 4) is 0 Å². The van der Waals surface area contributed by atoms with E-state index in [1.807, 2.05) is 6.92 Å². The average molecular weight is 297 g/mol. The van der Waals surface area contributed by atoms with Gasteiger partial charge in [-0.1, -0.05) is 18.3 Å². The maximum Gasteiger partial charge on any atom is 0.350 e. The van der Waals surface area contributed by atoms with E-state index >= 15 is 0 Å². The van der Waals surface area contributed by atoms with Crippen LogP contribution in [0, 0.1) is 6.92 Å². The Labute approximate surface area is 124 Å². The van der Waals surface area contributed by atoms with E-state index in [4.69, 9.17) is 4.74 Å². The number of hydrogen-bond donors (Lipinski definition) is 0. The smallest absolute Gasteiger partial charge is 0.350 e. The Kier molecular flexibility index (Phi) is 4.99. The number of anilines is 1. The Morgan fingerprint density at radius 1 is 1.50 bits per heavy atom. The van der Waals surface area contributed by atoms with E-state index in [1.54, 1.807) is 0 Å². The van der Waals surface area contributed by atoms with Gasteiger partial charge in [0.2, 0.25) is 0 Å². The number of carbonyl (C=O) groups excluding carboxylic acids is 1. The van der Waals surface area contributed by atoms with E-state index < -0.39 is 0 Å². The number of likely N-dealkylation sites (tertiary alicyclic amines) is 1. The summed E-state index contributed by atoms with van der Waals surface area (Å²) in [5.74, 6) is -0.291. The summed E-state index contributed by atoms with van der Waals surface area (Å²) >= 11 is 1.43. The molecule has 0 radical (unpaired) electrons. The Bertz CT molecular complexity index is 467. The fourth-order valence-electron chi connectivity index (χ4n) is 2.59. The number of esters is 1. The lowest BCUT2D eigenvalue weighted by Crippen LogP contribution is -2.43. The van der Waals surface area contributed by atoms with Gasteiger partial charge in [-0.15, -0.1) is 0 Å². The first kappa shape index (κ1) is 15.3. The molecule has 1 fully saturated rings. The summed E-state index contributed by atoms with van der Waals surface area (Å²) in [7, 11) is 3.48. The number of hydrogen-bond acceptors (Lipinski definition) is 6. The number of aromatic nitrogens is 1. The fourth-order valence-corrected chi connectivity index (χ4v) is 3.61. The topological polar surface area (TPSA) is 45.7 Å². The normalized spacial score (nSPS) is 17.2. The number of methoxy groups -OCH3 is 1. The summed E-state index contributed by atoms with van der Waals surface area (Å²) in [5, 5.41) is 0.915. The van der Waals surface area contributed by atoms with E-state index in [1.165, 1.54) is 18.4 Å². The molecule has 5 nitrogen and oxygen atoms in total. The Hall–Kier alpha value is -1.14. The Morgan fingerprint density at radius 2 is 2.15 bits per heavy atom. The molecular weight excluding hydrogens is 274 g/mol. The van der Waals surface area contributed by atoms with E-state index in [0.717, 1.165) is 43.3 Å². The van der Waals surface area contributed by atoms with Crippen molar-refractivity contribution in [3.63, 3.8) is 0 Å². The average Bonchev–Trinajstić information content (AvgIpc) is 2.87. The second-order valence-electron chi connectivity index (χ2n) is 5.18. The molecule has 0 amide bonds. The molecule has 1 aliphatic heterocycles. The van der Waals surface area contributed by atoms with E-state index in [9.17, 15) is 4.79 Å². The van der Waals surface area contributed by atoms with Gasteiger partial charge in [0.1, 0.15) is 4.88 Å². The van der Waals surface area contributed by atoms with Crippen LogP contribution in [0.2, 0.25) is 0 Å². The minimum Gasteiger partial charge on any atom is -0.465 e. The Balaban J connectivity index is 2.06. The second kappa shape index (κ2) is 6.54. The van der Waals surface area contributed by atoms with Crippen LogP contribution in [-0.4, -0.2) is 55.7 Å². The van der Waals surface area contributed by atoms with Crippen molar-refractivity contribution in [2.75, 3.05) is 38.7 Å². The van der Waals surface area contributed by atoms with Crippen LogP contribution in [-0.2, 0) is 4.74 Å². The fraction of sp³-hybridized carbons (Fsp3) is 0.714. The SMILES string of the molecule is CCN1CCC(N(C)c2nc(C)c(C(=O)OC)s2)CC1. The van der Waals surface area contributed by atoms with Crippen LogP contribution in [0.25, 0.3) is 0 Å². The summed E-state index contributed by atoms with van der Waals surface area (Å²) < 4.78 is 4.79. The molecular formula is C14H23N3O2S. The molecule has 0 spiro atoms. The van der Waals surface area contributed by atoms with E-state index in [0.29, 0.717) is 10.9 Å². The van der Waals surface area contributed by atoms with Gasteiger partial charge >= 0.3 is 5.97 Å². The third kappa shape index (κ3) is 3.12. The number of nitrogens with zero attached hydrogens (tertiary/aromatic N) is 3. The molecule has 2 rings (SSSR count). The number of aryl methyl sites for hydroxylation is 1. The van der Waals surface area contributed by atoms with Crippen LogP contribution in [0.15, 0.2) is 0 Å². The lowest BCUT2D eigenvalue weighted by atomic mass is 10.0. The highest BCUT2D eigenvalue weighted by Gasteiger charge is 2.25. The van der Waals surface area contributed by atoms with Crippen LogP contribution >= 0.6 is 11.3 Å². The largest absolute Gasteiger partial charge is 0.465 e. The molecule has 0 N–H and O–H groups in total. The van der Waals surface area contributed by atoms with Gasteiger partial charge in [0.05, 0.1) is 12.8 Å². The maximum absolute atomic E-state index is 11.7. The van der Waals surface area contributed by atoms with Crippen molar-refractivity contribution in [1.82, 2.24) is 9.88 Å². The highest BCUT2D eigenvalue weighted by molar-refractivity contribution is 7.17. The number of rotatable bonds is 4. The van der Waals surface area contributed by atoms with Crippen LogP contribution in [0.3, 0.4) is 0 Å². The van der Waals surface area contributed by atoms with Gasteiger partial charge in [-0.3, -0.25) is 0 Å². The van der Waals surface area contributed by atoms with E-state index in [-0.39, 0.29) is 5.97 Å². The molecule has 1 aliphatic rings. The first-order chi connectivity index (χ1) is 9.56. The highest BCUT2D eigenvalue weighted by atomic mass is 32.1. The molecule has 2 heterocycles. The number of carbonyl (C=O) groups is 1. The van der Waals surface area contributed by atoms with Crippen LogP contribution < -0.4 is 4.90 Å². The lowest BCUT2D eigenvalue weighted by molar-refractivity contribution is 0.0605. The zero-order valence-electron chi connectivity index (χ0n) is 12.7. The molecule has 1 aromatic rings. The second-order valence-corrected chi connectivity index (χ2v) is 6.16. The molecule has 0 unspecified atom stereocenters. The molecule has 6 heteroatoms. The van der Waals surface area contributed by atoms with Gasteiger partial charge in [-0.05, 0) is 26.3 Å². The minimum absolute atomic E-state index is 0.291. The standard InChI is InChI=1S/C14H23N3O2S/c1-5-17-8-6-11(7-9-17)16(3)14-15-10(2)12(20-14)13(18)19-4/h11H,5-9H2,1-4H3. The lowest BCUT2D eigenvalue weighted by Gasteiger charge is -2.36. The molecule has 0 atom stereocenters. The summed E-state index contributed by atoms with van der Waals surface area (Å²) in [5.41, 5.74) is 0.759. The van der Waals surface area contributed by atoms with Gasteiger partial charge < -0.3 is 14.5 Å². The zero-order valence-corrected chi connectivity index (χ0v) is 13.5. The van der Waals surface area contributed by atoms with E-state index in [2.05, 4.69) is 28.8 Å². The highest BCUT2D eigenvalue weighted by Crippen LogP contribution is 2.29. The first-order valence-corrected chi connectivity index (χ1v) is 7.89. The summed E-state index contributed by atoms with van der Waals surface area (Å²) in [6.45, 7) is 7.47. The Morgan fingerprint density at radius 3 is 2.70 bits per heavy atom. The maximum atomic E-state index is 11.7. The van der Waals surface area contributed by atoms with Gasteiger partial charge in [-0.25, -0.2) is 9.78 Å². The third-order valence-electron chi connectivity index (χ3n) is 4.01.